The fourth-order valence-corrected chi connectivity index (χ4v) is 1.68. The van der Waals surface area contributed by atoms with Gasteiger partial charge in [-0.3, -0.25) is 0 Å². The zero-order chi connectivity index (χ0) is 12.7. The fraction of sp³-hybridized carbons (Fsp3) is 0.571. The first-order valence-electron chi connectivity index (χ1n) is 6.25. The van der Waals surface area contributed by atoms with Gasteiger partial charge in [0.15, 0.2) is 0 Å². The van der Waals surface area contributed by atoms with Crippen LogP contribution in [0.5, 0.6) is 11.5 Å². The Morgan fingerprint density at radius 3 is 2.65 bits per heavy atom. The minimum Gasteiger partial charge on any atom is -0.497 e. The minimum atomic E-state index is -0.0259. The highest BCUT2D eigenvalue weighted by molar-refractivity contribution is 5.42. The summed E-state index contributed by atoms with van der Waals surface area (Å²) in [5.41, 5.74) is 6.95. The highest BCUT2D eigenvalue weighted by Gasteiger charge is 2.09. The summed E-state index contributed by atoms with van der Waals surface area (Å²) in [7, 11) is 1.65. The van der Waals surface area contributed by atoms with Gasteiger partial charge in [0.25, 0.3) is 0 Å². The Balaban J connectivity index is 2.71. The first-order valence-corrected chi connectivity index (χ1v) is 6.25. The highest BCUT2D eigenvalue weighted by Crippen LogP contribution is 2.28. The lowest BCUT2D eigenvalue weighted by molar-refractivity contribution is 0.299. The lowest BCUT2D eigenvalue weighted by atomic mass is 10.1. The molecule has 0 fully saturated rings. The van der Waals surface area contributed by atoms with Crippen LogP contribution in [0.15, 0.2) is 18.2 Å². The monoisotopic (exact) mass is 237 g/mol. The van der Waals surface area contributed by atoms with Crippen LogP contribution in [0.25, 0.3) is 0 Å². The molecule has 0 heterocycles. The van der Waals surface area contributed by atoms with Gasteiger partial charge < -0.3 is 15.2 Å². The van der Waals surface area contributed by atoms with E-state index in [1.807, 2.05) is 25.1 Å². The average molecular weight is 237 g/mol. The van der Waals surface area contributed by atoms with Gasteiger partial charge in [0.2, 0.25) is 0 Å². The molecule has 1 rings (SSSR count). The van der Waals surface area contributed by atoms with Crippen LogP contribution in [0.2, 0.25) is 0 Å². The molecule has 0 saturated heterocycles. The Bertz CT molecular complexity index is 337. The molecule has 1 aromatic carbocycles. The van der Waals surface area contributed by atoms with E-state index < -0.39 is 0 Å². The maximum Gasteiger partial charge on any atom is 0.127 e. The largest absolute Gasteiger partial charge is 0.497 e. The molecule has 0 bridgehead atoms. The van der Waals surface area contributed by atoms with Crippen molar-refractivity contribution in [2.45, 2.75) is 39.2 Å². The molecule has 1 atom stereocenters. The number of methoxy groups -OCH3 is 1. The summed E-state index contributed by atoms with van der Waals surface area (Å²) >= 11 is 0. The predicted octanol–water partition coefficient (Wildman–Crippen LogP) is 3.28. The van der Waals surface area contributed by atoms with E-state index >= 15 is 0 Å². The van der Waals surface area contributed by atoms with Crippen molar-refractivity contribution in [1.82, 2.24) is 0 Å². The number of unbranched alkanes of at least 4 members (excludes halogenated alkanes) is 2. The Morgan fingerprint density at radius 1 is 1.29 bits per heavy atom. The van der Waals surface area contributed by atoms with E-state index in [0.717, 1.165) is 30.1 Å². The molecule has 0 radical (unpaired) electrons. The van der Waals surface area contributed by atoms with Gasteiger partial charge >= 0.3 is 0 Å². The SMILES string of the molecule is CCCCCOc1cc(OC)ccc1[C@H](C)N. The van der Waals surface area contributed by atoms with Crippen molar-refractivity contribution in [3.8, 4) is 11.5 Å². The summed E-state index contributed by atoms with van der Waals surface area (Å²) in [6.45, 7) is 4.88. The zero-order valence-electron chi connectivity index (χ0n) is 11.0. The molecule has 2 N–H and O–H groups in total. The third-order valence-electron chi connectivity index (χ3n) is 2.72. The first-order chi connectivity index (χ1) is 8.19. The summed E-state index contributed by atoms with van der Waals surface area (Å²) in [4.78, 5) is 0. The Hall–Kier alpha value is -1.22. The third-order valence-corrected chi connectivity index (χ3v) is 2.72. The highest BCUT2D eigenvalue weighted by atomic mass is 16.5. The lowest BCUT2D eigenvalue weighted by Crippen LogP contribution is -2.09. The maximum atomic E-state index is 5.92. The van der Waals surface area contributed by atoms with Gasteiger partial charge in [-0.15, -0.1) is 0 Å². The lowest BCUT2D eigenvalue weighted by Gasteiger charge is -2.15. The van der Waals surface area contributed by atoms with Gasteiger partial charge in [-0.2, -0.15) is 0 Å². The Labute approximate surface area is 104 Å². The Kier molecular flexibility index (Phi) is 5.84. The maximum absolute atomic E-state index is 5.92. The van der Waals surface area contributed by atoms with Gasteiger partial charge in [-0.1, -0.05) is 25.8 Å². The Morgan fingerprint density at radius 2 is 2.06 bits per heavy atom. The average Bonchev–Trinajstić information content (AvgIpc) is 2.34. The molecule has 0 aliphatic carbocycles. The van der Waals surface area contributed by atoms with Gasteiger partial charge in [-0.25, -0.2) is 0 Å². The third kappa shape index (κ3) is 4.27. The summed E-state index contributed by atoms with van der Waals surface area (Å²) < 4.78 is 11.0. The topological polar surface area (TPSA) is 44.5 Å². The summed E-state index contributed by atoms with van der Waals surface area (Å²) in [5, 5.41) is 0. The molecule has 0 aromatic heterocycles. The molecule has 96 valence electrons. The molecule has 0 aliphatic rings. The van der Waals surface area contributed by atoms with Crippen LogP contribution in [-0.2, 0) is 0 Å². The van der Waals surface area contributed by atoms with Crippen LogP contribution in [0, 0.1) is 0 Å². The zero-order valence-corrected chi connectivity index (χ0v) is 11.0. The summed E-state index contributed by atoms with van der Waals surface area (Å²) in [6.07, 6.45) is 3.46. The van der Waals surface area contributed by atoms with E-state index in [1.165, 1.54) is 12.8 Å². The van der Waals surface area contributed by atoms with Gasteiger partial charge in [0, 0.05) is 17.7 Å². The molecule has 17 heavy (non-hydrogen) atoms. The van der Waals surface area contributed by atoms with Crippen molar-refractivity contribution in [3.63, 3.8) is 0 Å². The second kappa shape index (κ2) is 7.17. The number of nitrogens with two attached hydrogens (primary N) is 1. The summed E-state index contributed by atoms with van der Waals surface area (Å²) in [5.74, 6) is 1.65. The van der Waals surface area contributed by atoms with Crippen LogP contribution in [0.3, 0.4) is 0 Å². The van der Waals surface area contributed by atoms with E-state index in [4.69, 9.17) is 15.2 Å². The molecule has 3 heteroatoms. The van der Waals surface area contributed by atoms with Crippen molar-refractivity contribution in [2.75, 3.05) is 13.7 Å². The second-order valence-corrected chi connectivity index (χ2v) is 4.25. The predicted molar refractivity (Wildman–Crippen MR) is 70.6 cm³/mol. The van der Waals surface area contributed by atoms with Crippen molar-refractivity contribution in [2.24, 2.45) is 5.73 Å². The molecular weight excluding hydrogens is 214 g/mol. The molecule has 0 amide bonds. The van der Waals surface area contributed by atoms with Crippen molar-refractivity contribution < 1.29 is 9.47 Å². The molecular formula is C14H23NO2. The summed E-state index contributed by atoms with van der Waals surface area (Å²) in [6, 6.07) is 5.77. The number of benzene rings is 1. The molecule has 0 unspecified atom stereocenters. The number of hydrogen-bond acceptors (Lipinski definition) is 3. The fourth-order valence-electron chi connectivity index (χ4n) is 1.68. The van der Waals surface area contributed by atoms with Crippen molar-refractivity contribution in [3.05, 3.63) is 23.8 Å². The van der Waals surface area contributed by atoms with Crippen molar-refractivity contribution >= 4 is 0 Å². The van der Waals surface area contributed by atoms with Crippen molar-refractivity contribution in [1.29, 1.82) is 0 Å². The molecule has 0 saturated carbocycles. The number of ether oxygens (including phenoxy) is 2. The van der Waals surface area contributed by atoms with Crippen LogP contribution in [0.4, 0.5) is 0 Å². The van der Waals surface area contributed by atoms with Gasteiger partial charge in [0.05, 0.1) is 13.7 Å². The first kappa shape index (κ1) is 13.8. The normalized spacial score (nSPS) is 12.2. The van der Waals surface area contributed by atoms with E-state index in [1.54, 1.807) is 7.11 Å². The van der Waals surface area contributed by atoms with Crippen LogP contribution >= 0.6 is 0 Å². The van der Waals surface area contributed by atoms with Gasteiger partial charge in [0.1, 0.15) is 11.5 Å². The molecule has 3 nitrogen and oxygen atoms in total. The number of hydrogen-bond donors (Lipinski definition) is 1. The van der Waals surface area contributed by atoms with E-state index in [9.17, 15) is 0 Å². The van der Waals surface area contributed by atoms with Crippen LogP contribution in [0.1, 0.15) is 44.7 Å². The van der Waals surface area contributed by atoms with E-state index in [2.05, 4.69) is 6.92 Å². The standard InChI is InChI=1S/C14H23NO2/c1-4-5-6-9-17-14-10-12(16-3)7-8-13(14)11(2)15/h7-8,10-11H,4-6,9,15H2,1-3H3/t11-/m0/s1. The van der Waals surface area contributed by atoms with Crippen LogP contribution < -0.4 is 15.2 Å². The smallest absolute Gasteiger partial charge is 0.127 e. The molecule has 1 aromatic rings. The van der Waals surface area contributed by atoms with Crippen LogP contribution in [-0.4, -0.2) is 13.7 Å². The van der Waals surface area contributed by atoms with Gasteiger partial charge in [-0.05, 0) is 19.4 Å². The second-order valence-electron chi connectivity index (χ2n) is 4.25. The van der Waals surface area contributed by atoms with E-state index in [-0.39, 0.29) is 6.04 Å². The molecule has 0 aliphatic heterocycles. The van der Waals surface area contributed by atoms with E-state index in [0.29, 0.717) is 0 Å². The minimum absolute atomic E-state index is 0.0259. The molecule has 0 spiro atoms. The quantitative estimate of drug-likeness (QED) is 0.740. The number of rotatable bonds is 7.